The summed E-state index contributed by atoms with van der Waals surface area (Å²) in [6, 6.07) is 7.70. The Morgan fingerprint density at radius 2 is 1.90 bits per heavy atom. The van der Waals surface area contributed by atoms with E-state index in [1.165, 1.54) is 12.1 Å². The van der Waals surface area contributed by atoms with Crippen molar-refractivity contribution >= 4 is 43.3 Å². The molecule has 0 fully saturated rings. The number of carboxylic acids is 1. The molecule has 0 bridgehead atoms. The number of carboxylic acid groups (broad SMARTS) is 1. The summed E-state index contributed by atoms with van der Waals surface area (Å²) in [6.07, 6.45) is 0. The van der Waals surface area contributed by atoms with E-state index in [1.54, 1.807) is 23.6 Å². The third-order valence-electron chi connectivity index (χ3n) is 2.50. The molecule has 0 aliphatic rings. The summed E-state index contributed by atoms with van der Waals surface area (Å²) in [4.78, 5) is 10.7. The molecule has 2 N–H and O–H groups in total. The molecule has 0 saturated carbocycles. The van der Waals surface area contributed by atoms with Gasteiger partial charge in [0.05, 0.1) is 5.56 Å². The highest BCUT2D eigenvalue weighted by molar-refractivity contribution is 9.10. The van der Waals surface area contributed by atoms with Crippen molar-refractivity contribution in [2.45, 2.75) is 10.8 Å². The molecule has 0 spiro atoms. The zero-order valence-corrected chi connectivity index (χ0v) is 13.3. The molecule has 1 heterocycles. The predicted molar refractivity (Wildman–Crippen MR) is 79.4 cm³/mol. The van der Waals surface area contributed by atoms with Gasteiger partial charge in [-0.3, -0.25) is 0 Å². The van der Waals surface area contributed by atoms with Crippen molar-refractivity contribution < 1.29 is 18.3 Å². The van der Waals surface area contributed by atoms with Crippen molar-refractivity contribution in [2.24, 2.45) is 0 Å². The van der Waals surface area contributed by atoms with Crippen LogP contribution in [0, 0.1) is 0 Å². The fraction of sp³-hybridized carbons (Fsp3) is 0.0833. The Balaban J connectivity index is 2.09. The van der Waals surface area contributed by atoms with Crippen molar-refractivity contribution in [3.63, 3.8) is 0 Å². The Labute approximate surface area is 128 Å². The van der Waals surface area contributed by atoms with Gasteiger partial charge in [-0.15, -0.1) is 11.3 Å². The molecule has 0 radical (unpaired) electrons. The molecule has 106 valence electrons. The average Bonchev–Trinajstić information content (AvgIpc) is 2.84. The second-order valence-electron chi connectivity index (χ2n) is 3.88. The number of benzene rings is 1. The van der Waals surface area contributed by atoms with E-state index >= 15 is 0 Å². The first-order chi connectivity index (χ1) is 9.40. The zero-order valence-electron chi connectivity index (χ0n) is 10.0. The minimum atomic E-state index is -3.57. The molecule has 0 atom stereocenters. The Kier molecular flexibility index (Phi) is 4.59. The molecule has 8 heteroatoms. The highest BCUT2D eigenvalue weighted by Crippen LogP contribution is 2.27. The van der Waals surface area contributed by atoms with Gasteiger partial charge in [0.15, 0.2) is 0 Å². The van der Waals surface area contributed by atoms with Gasteiger partial charge in [-0.05, 0) is 45.1 Å². The van der Waals surface area contributed by atoms with Crippen LogP contribution in [0.25, 0.3) is 0 Å². The maximum Gasteiger partial charge on any atom is 0.335 e. The quantitative estimate of drug-likeness (QED) is 0.841. The molecule has 0 unspecified atom stereocenters. The zero-order chi connectivity index (χ0) is 14.8. The Morgan fingerprint density at radius 1 is 1.25 bits per heavy atom. The summed E-state index contributed by atoms with van der Waals surface area (Å²) in [5.74, 6) is -1.01. The van der Waals surface area contributed by atoms with E-state index in [9.17, 15) is 13.2 Å². The van der Waals surface area contributed by atoms with Crippen LogP contribution in [-0.2, 0) is 16.6 Å². The molecule has 5 nitrogen and oxygen atoms in total. The summed E-state index contributed by atoms with van der Waals surface area (Å²) in [5, 5.41) is 10.5. The van der Waals surface area contributed by atoms with E-state index in [-0.39, 0.29) is 16.3 Å². The Hall–Kier alpha value is -1.22. The summed E-state index contributed by atoms with van der Waals surface area (Å²) in [7, 11) is -3.57. The average molecular weight is 376 g/mol. The van der Waals surface area contributed by atoms with Gasteiger partial charge in [0, 0.05) is 11.0 Å². The van der Waals surface area contributed by atoms with Crippen molar-refractivity contribution in [1.82, 2.24) is 4.72 Å². The summed E-state index contributed by atoms with van der Waals surface area (Å²) < 4.78 is 27.3. The minimum Gasteiger partial charge on any atom is -0.478 e. The van der Waals surface area contributed by atoms with Crippen LogP contribution >= 0.6 is 27.3 Å². The van der Waals surface area contributed by atoms with Crippen molar-refractivity contribution in [1.29, 1.82) is 0 Å². The summed E-state index contributed by atoms with van der Waals surface area (Å²) in [5.41, 5.74) is 0.851. The molecule has 1 aromatic carbocycles. The first kappa shape index (κ1) is 15.2. The van der Waals surface area contributed by atoms with Crippen LogP contribution in [0.5, 0.6) is 0 Å². The lowest BCUT2D eigenvalue weighted by atomic mass is 10.1. The van der Waals surface area contributed by atoms with Crippen molar-refractivity contribution in [2.75, 3.05) is 0 Å². The molecule has 20 heavy (non-hydrogen) atoms. The third kappa shape index (κ3) is 3.45. The Bertz CT molecular complexity index is 722. The number of carbonyl (C=O) groups is 1. The fourth-order valence-electron chi connectivity index (χ4n) is 1.48. The van der Waals surface area contributed by atoms with Gasteiger partial charge >= 0.3 is 5.97 Å². The van der Waals surface area contributed by atoms with Crippen LogP contribution in [0.2, 0.25) is 0 Å². The lowest BCUT2D eigenvalue weighted by molar-refractivity contribution is 0.0697. The van der Waals surface area contributed by atoms with Gasteiger partial charge in [0.2, 0.25) is 0 Å². The number of rotatable bonds is 5. The van der Waals surface area contributed by atoms with E-state index in [2.05, 4.69) is 20.7 Å². The normalized spacial score (nSPS) is 11.4. The first-order valence-electron chi connectivity index (χ1n) is 5.45. The second kappa shape index (κ2) is 6.04. The molecule has 1 aromatic heterocycles. The largest absolute Gasteiger partial charge is 0.478 e. The fourth-order valence-corrected chi connectivity index (χ4v) is 4.88. The SMILES string of the molecule is O=C(O)c1ccc(CNS(=O)(=O)c2sccc2Br)cc1. The highest BCUT2D eigenvalue weighted by Gasteiger charge is 2.18. The highest BCUT2D eigenvalue weighted by atomic mass is 79.9. The standard InChI is InChI=1S/C12H10BrNO4S2/c13-10-5-6-19-12(10)20(17,18)14-7-8-1-3-9(4-2-8)11(15)16/h1-6,14H,7H2,(H,15,16). The van der Waals surface area contributed by atoms with E-state index in [4.69, 9.17) is 5.11 Å². The molecule has 0 aliphatic carbocycles. The van der Waals surface area contributed by atoms with Crippen molar-refractivity contribution in [3.05, 3.63) is 51.3 Å². The monoisotopic (exact) mass is 375 g/mol. The van der Waals surface area contributed by atoms with Crippen molar-refractivity contribution in [3.8, 4) is 0 Å². The molecule has 2 aromatic rings. The second-order valence-corrected chi connectivity index (χ2v) is 7.62. The van der Waals surface area contributed by atoms with Crippen LogP contribution in [0.3, 0.4) is 0 Å². The number of halogens is 1. The van der Waals surface area contributed by atoms with Crippen LogP contribution in [-0.4, -0.2) is 19.5 Å². The number of thiophene rings is 1. The van der Waals surface area contributed by atoms with Crippen LogP contribution in [0.1, 0.15) is 15.9 Å². The van der Waals surface area contributed by atoms with Gasteiger partial charge < -0.3 is 5.11 Å². The van der Waals surface area contributed by atoms with Crippen LogP contribution in [0.4, 0.5) is 0 Å². The van der Waals surface area contributed by atoms with Gasteiger partial charge in [-0.2, -0.15) is 0 Å². The molecular formula is C12H10BrNO4S2. The van der Waals surface area contributed by atoms with Gasteiger partial charge in [0.1, 0.15) is 4.21 Å². The smallest absolute Gasteiger partial charge is 0.335 e. The number of nitrogens with one attached hydrogen (secondary N) is 1. The maximum absolute atomic E-state index is 12.0. The molecule has 0 amide bonds. The number of hydrogen-bond donors (Lipinski definition) is 2. The van der Waals surface area contributed by atoms with Gasteiger partial charge in [0.25, 0.3) is 10.0 Å². The van der Waals surface area contributed by atoms with E-state index < -0.39 is 16.0 Å². The maximum atomic E-state index is 12.0. The lowest BCUT2D eigenvalue weighted by Gasteiger charge is -2.06. The number of hydrogen-bond acceptors (Lipinski definition) is 4. The molecular weight excluding hydrogens is 366 g/mol. The van der Waals surface area contributed by atoms with Gasteiger partial charge in [-0.1, -0.05) is 12.1 Å². The molecule has 2 rings (SSSR count). The van der Waals surface area contributed by atoms with E-state index in [0.717, 1.165) is 11.3 Å². The van der Waals surface area contributed by atoms with E-state index in [0.29, 0.717) is 10.0 Å². The van der Waals surface area contributed by atoms with E-state index in [1.807, 2.05) is 0 Å². The first-order valence-corrected chi connectivity index (χ1v) is 8.60. The lowest BCUT2D eigenvalue weighted by Crippen LogP contribution is -2.22. The summed E-state index contributed by atoms with van der Waals surface area (Å²) in [6.45, 7) is 0.104. The Morgan fingerprint density at radius 3 is 2.40 bits per heavy atom. The predicted octanol–water partition coefficient (Wildman–Crippen LogP) is 2.69. The van der Waals surface area contributed by atoms with Crippen LogP contribution < -0.4 is 4.72 Å². The molecule has 0 saturated heterocycles. The third-order valence-corrected chi connectivity index (χ3v) is 6.57. The molecule has 0 aliphatic heterocycles. The number of sulfonamides is 1. The number of aromatic carboxylic acids is 1. The summed E-state index contributed by atoms with van der Waals surface area (Å²) >= 11 is 4.30. The minimum absolute atomic E-state index is 0.104. The topological polar surface area (TPSA) is 83.5 Å². The van der Waals surface area contributed by atoms with Crippen LogP contribution in [0.15, 0.2) is 44.4 Å². The van der Waals surface area contributed by atoms with Gasteiger partial charge in [-0.25, -0.2) is 17.9 Å².